The SMILES string of the molecule is COc1cc(O)c2c(=O)oc(CC(O)C(Cl)Cl)cc2c1. The number of ether oxygens (including phenoxy) is 1. The van der Waals surface area contributed by atoms with Gasteiger partial charge < -0.3 is 19.4 Å². The van der Waals surface area contributed by atoms with Gasteiger partial charge in [0, 0.05) is 12.5 Å². The van der Waals surface area contributed by atoms with Gasteiger partial charge in [-0.3, -0.25) is 0 Å². The maximum absolute atomic E-state index is 11.9. The van der Waals surface area contributed by atoms with Gasteiger partial charge in [0.25, 0.3) is 0 Å². The van der Waals surface area contributed by atoms with Crippen molar-refractivity contribution in [1.29, 1.82) is 0 Å². The molecule has 108 valence electrons. The number of alkyl halides is 2. The molecule has 0 saturated carbocycles. The monoisotopic (exact) mass is 318 g/mol. The standard InChI is InChI=1S/C13H12Cl2O5/c1-19-7-2-6-3-8(5-10(17)12(14)15)20-13(18)11(6)9(16)4-7/h2-4,10,12,16-17H,5H2,1H3. The highest BCUT2D eigenvalue weighted by Gasteiger charge is 2.17. The van der Waals surface area contributed by atoms with Crippen molar-refractivity contribution in [2.75, 3.05) is 7.11 Å². The van der Waals surface area contributed by atoms with Crippen LogP contribution < -0.4 is 10.4 Å². The zero-order valence-electron chi connectivity index (χ0n) is 10.5. The van der Waals surface area contributed by atoms with E-state index in [9.17, 15) is 15.0 Å². The van der Waals surface area contributed by atoms with E-state index in [4.69, 9.17) is 32.4 Å². The fourth-order valence-electron chi connectivity index (χ4n) is 1.84. The van der Waals surface area contributed by atoms with Crippen molar-refractivity contribution < 1.29 is 19.4 Å². The molecule has 1 aromatic carbocycles. The zero-order chi connectivity index (χ0) is 14.9. The summed E-state index contributed by atoms with van der Waals surface area (Å²) >= 11 is 11.1. The summed E-state index contributed by atoms with van der Waals surface area (Å²) in [5, 5.41) is 19.9. The van der Waals surface area contributed by atoms with Gasteiger partial charge in [-0.1, -0.05) is 0 Å². The molecule has 2 aromatic rings. The van der Waals surface area contributed by atoms with Crippen molar-refractivity contribution >= 4 is 34.0 Å². The molecule has 1 atom stereocenters. The fraction of sp³-hybridized carbons (Fsp3) is 0.308. The van der Waals surface area contributed by atoms with Crippen LogP contribution in [0.15, 0.2) is 27.4 Å². The number of aliphatic hydroxyl groups is 1. The molecule has 1 aromatic heterocycles. The van der Waals surface area contributed by atoms with E-state index in [0.29, 0.717) is 11.1 Å². The summed E-state index contributed by atoms with van der Waals surface area (Å²) in [4.78, 5) is 10.9. The predicted octanol–water partition coefficient (Wildman–Crippen LogP) is 2.21. The molecule has 20 heavy (non-hydrogen) atoms. The highest BCUT2D eigenvalue weighted by molar-refractivity contribution is 6.44. The second-order valence-corrected chi connectivity index (χ2v) is 5.38. The Morgan fingerprint density at radius 3 is 2.65 bits per heavy atom. The third-order valence-electron chi connectivity index (χ3n) is 2.80. The number of phenolic OH excluding ortho intramolecular Hbond substituents is 1. The third kappa shape index (κ3) is 3.00. The molecule has 0 aliphatic heterocycles. The van der Waals surface area contributed by atoms with E-state index >= 15 is 0 Å². The Morgan fingerprint density at radius 2 is 2.05 bits per heavy atom. The van der Waals surface area contributed by atoms with Crippen molar-refractivity contribution in [2.45, 2.75) is 17.4 Å². The number of hydrogen-bond donors (Lipinski definition) is 2. The first kappa shape index (κ1) is 15.0. The molecule has 2 rings (SSSR count). The van der Waals surface area contributed by atoms with Crippen LogP contribution >= 0.6 is 23.2 Å². The maximum Gasteiger partial charge on any atom is 0.347 e. The van der Waals surface area contributed by atoms with E-state index < -0.39 is 16.6 Å². The van der Waals surface area contributed by atoms with E-state index in [2.05, 4.69) is 0 Å². The van der Waals surface area contributed by atoms with Crippen LogP contribution in [0.2, 0.25) is 0 Å². The minimum absolute atomic E-state index is 0.0131. The van der Waals surface area contributed by atoms with Crippen molar-refractivity contribution in [2.24, 2.45) is 0 Å². The Bertz CT molecular complexity index is 680. The molecule has 0 radical (unpaired) electrons. The van der Waals surface area contributed by atoms with Crippen LogP contribution in [-0.2, 0) is 6.42 Å². The van der Waals surface area contributed by atoms with Gasteiger partial charge in [-0.2, -0.15) is 0 Å². The quantitative estimate of drug-likeness (QED) is 0.845. The highest BCUT2D eigenvalue weighted by Crippen LogP contribution is 2.28. The van der Waals surface area contributed by atoms with Crippen LogP contribution in [-0.4, -0.2) is 28.3 Å². The molecule has 0 aliphatic carbocycles. The smallest absolute Gasteiger partial charge is 0.347 e. The fourth-order valence-corrected chi connectivity index (χ4v) is 2.02. The highest BCUT2D eigenvalue weighted by atomic mass is 35.5. The van der Waals surface area contributed by atoms with Gasteiger partial charge in [0.15, 0.2) is 0 Å². The minimum atomic E-state index is -1.06. The first-order chi connectivity index (χ1) is 9.42. The molecule has 0 saturated heterocycles. The van der Waals surface area contributed by atoms with Gasteiger partial charge in [-0.25, -0.2) is 4.79 Å². The number of aromatic hydroxyl groups is 1. The van der Waals surface area contributed by atoms with Crippen LogP contribution in [0, 0.1) is 0 Å². The number of halogens is 2. The second kappa shape index (κ2) is 5.91. The molecule has 2 N–H and O–H groups in total. The molecule has 0 spiro atoms. The summed E-state index contributed by atoms with van der Waals surface area (Å²) in [6.45, 7) is 0. The molecular formula is C13H12Cl2O5. The van der Waals surface area contributed by atoms with Crippen LogP contribution in [0.1, 0.15) is 5.76 Å². The third-order valence-corrected chi connectivity index (χ3v) is 3.38. The lowest BCUT2D eigenvalue weighted by molar-refractivity contribution is 0.180. The van der Waals surface area contributed by atoms with Gasteiger partial charge in [-0.05, 0) is 17.5 Å². The number of aliphatic hydroxyl groups excluding tert-OH is 1. The van der Waals surface area contributed by atoms with Gasteiger partial charge >= 0.3 is 5.63 Å². The summed E-state index contributed by atoms with van der Waals surface area (Å²) in [7, 11) is 1.45. The molecule has 1 heterocycles. The maximum atomic E-state index is 11.9. The van der Waals surface area contributed by atoms with Crippen molar-refractivity contribution in [3.63, 3.8) is 0 Å². The van der Waals surface area contributed by atoms with E-state index in [1.54, 1.807) is 6.07 Å². The lowest BCUT2D eigenvalue weighted by Crippen LogP contribution is -2.19. The Hall–Kier alpha value is -1.43. The largest absolute Gasteiger partial charge is 0.507 e. The topological polar surface area (TPSA) is 79.9 Å². The Kier molecular flexibility index (Phi) is 4.42. The Balaban J connectivity index is 2.53. The van der Waals surface area contributed by atoms with E-state index in [-0.39, 0.29) is 23.3 Å². The molecule has 0 fully saturated rings. The number of methoxy groups -OCH3 is 1. The Labute approximate surface area is 124 Å². The predicted molar refractivity (Wildman–Crippen MR) is 75.9 cm³/mol. The van der Waals surface area contributed by atoms with E-state index in [1.165, 1.54) is 19.2 Å². The van der Waals surface area contributed by atoms with Gasteiger partial charge in [0.05, 0.1) is 13.2 Å². The number of benzene rings is 1. The van der Waals surface area contributed by atoms with Crippen LogP contribution in [0.3, 0.4) is 0 Å². The molecule has 0 aliphatic rings. The molecule has 1 unspecified atom stereocenters. The van der Waals surface area contributed by atoms with Gasteiger partial charge in [0.1, 0.15) is 27.5 Å². The number of hydrogen-bond acceptors (Lipinski definition) is 5. The summed E-state index contributed by atoms with van der Waals surface area (Å²) in [6.07, 6.45) is -1.07. The van der Waals surface area contributed by atoms with Crippen LogP contribution in [0.5, 0.6) is 11.5 Å². The summed E-state index contributed by atoms with van der Waals surface area (Å²) in [5.74, 6) is 0.390. The van der Waals surface area contributed by atoms with Crippen LogP contribution in [0.25, 0.3) is 10.8 Å². The number of fused-ring (bicyclic) bond motifs is 1. The van der Waals surface area contributed by atoms with Crippen LogP contribution in [0.4, 0.5) is 0 Å². The van der Waals surface area contributed by atoms with Crippen molar-refractivity contribution in [3.05, 3.63) is 34.4 Å². The zero-order valence-corrected chi connectivity index (χ0v) is 12.0. The number of phenols is 1. The minimum Gasteiger partial charge on any atom is -0.507 e. The average molecular weight is 319 g/mol. The summed E-state index contributed by atoms with van der Waals surface area (Å²) in [6, 6.07) is 4.43. The van der Waals surface area contributed by atoms with Crippen molar-refractivity contribution in [3.8, 4) is 11.5 Å². The summed E-state index contributed by atoms with van der Waals surface area (Å²) in [5.41, 5.74) is -0.703. The molecule has 0 amide bonds. The van der Waals surface area contributed by atoms with E-state index in [1.807, 2.05) is 0 Å². The first-order valence-corrected chi connectivity index (χ1v) is 6.59. The second-order valence-electron chi connectivity index (χ2n) is 4.22. The normalized spacial score (nSPS) is 12.8. The average Bonchev–Trinajstić information content (AvgIpc) is 2.37. The lowest BCUT2D eigenvalue weighted by Gasteiger charge is -2.11. The number of rotatable bonds is 4. The Morgan fingerprint density at radius 1 is 1.35 bits per heavy atom. The van der Waals surface area contributed by atoms with Gasteiger partial charge in [-0.15, -0.1) is 23.2 Å². The van der Waals surface area contributed by atoms with Gasteiger partial charge in [0.2, 0.25) is 0 Å². The lowest BCUT2D eigenvalue weighted by atomic mass is 10.1. The molecule has 7 heteroatoms. The molecular weight excluding hydrogens is 307 g/mol. The molecule has 0 bridgehead atoms. The molecule has 5 nitrogen and oxygen atoms in total. The van der Waals surface area contributed by atoms with E-state index in [0.717, 1.165) is 0 Å². The van der Waals surface area contributed by atoms with Crippen molar-refractivity contribution in [1.82, 2.24) is 0 Å². The first-order valence-electron chi connectivity index (χ1n) is 5.72. The summed E-state index contributed by atoms with van der Waals surface area (Å²) < 4.78 is 10.0.